The first-order valence-electron chi connectivity index (χ1n) is 4.29. The molecule has 0 bridgehead atoms. The summed E-state index contributed by atoms with van der Waals surface area (Å²) in [6.45, 7) is 2.37. The summed E-state index contributed by atoms with van der Waals surface area (Å²) in [4.78, 5) is 4.12. The van der Waals surface area contributed by atoms with Gasteiger partial charge in [0.25, 0.3) is 0 Å². The molecule has 0 amide bonds. The molecule has 1 aromatic rings. The van der Waals surface area contributed by atoms with Crippen LogP contribution in [0, 0.1) is 0 Å². The summed E-state index contributed by atoms with van der Waals surface area (Å²) in [5.74, 6) is 1.84. The van der Waals surface area contributed by atoms with Crippen molar-refractivity contribution >= 4 is 11.8 Å². The predicted molar refractivity (Wildman–Crippen MR) is 53.5 cm³/mol. The van der Waals surface area contributed by atoms with Crippen molar-refractivity contribution in [2.45, 2.75) is 24.3 Å². The number of rotatable bonds is 5. The molecule has 1 unspecified atom stereocenters. The van der Waals surface area contributed by atoms with Crippen LogP contribution in [0.3, 0.4) is 0 Å². The second kappa shape index (κ2) is 5.24. The van der Waals surface area contributed by atoms with Gasteiger partial charge in [-0.2, -0.15) is 16.9 Å². The van der Waals surface area contributed by atoms with Gasteiger partial charge in [0, 0.05) is 18.9 Å². The number of hydrogen-bond acceptors (Lipinski definition) is 4. The molecule has 0 aliphatic heterocycles. The van der Waals surface area contributed by atoms with E-state index in [0.29, 0.717) is 5.25 Å². The van der Waals surface area contributed by atoms with Crippen molar-refractivity contribution in [2.24, 2.45) is 7.05 Å². The summed E-state index contributed by atoms with van der Waals surface area (Å²) in [5, 5.41) is 13.2. The largest absolute Gasteiger partial charge is 0.396 e. The smallest absolute Gasteiger partial charge is 0.138 e. The molecule has 0 aliphatic rings. The van der Waals surface area contributed by atoms with Crippen LogP contribution in [-0.4, -0.2) is 31.7 Å². The third kappa shape index (κ3) is 3.36. The molecule has 0 spiro atoms. The van der Waals surface area contributed by atoms with E-state index in [1.807, 2.05) is 7.05 Å². The first-order chi connectivity index (χ1) is 6.24. The molecule has 1 heterocycles. The predicted octanol–water partition coefficient (Wildman–Crippen LogP) is 0.819. The van der Waals surface area contributed by atoms with E-state index >= 15 is 0 Å². The zero-order valence-corrected chi connectivity index (χ0v) is 8.79. The molecule has 1 rings (SSSR count). The summed E-state index contributed by atoms with van der Waals surface area (Å²) < 4.78 is 1.78. The summed E-state index contributed by atoms with van der Waals surface area (Å²) >= 11 is 1.79. The van der Waals surface area contributed by atoms with Gasteiger partial charge >= 0.3 is 0 Å². The Morgan fingerprint density at radius 1 is 1.69 bits per heavy atom. The van der Waals surface area contributed by atoms with Crippen molar-refractivity contribution in [1.82, 2.24) is 14.8 Å². The molecule has 1 N–H and O–H groups in total. The molecule has 13 heavy (non-hydrogen) atoms. The maximum Gasteiger partial charge on any atom is 0.138 e. The number of aliphatic hydroxyl groups excluding tert-OH is 1. The van der Waals surface area contributed by atoms with Crippen molar-refractivity contribution < 1.29 is 5.11 Å². The molecule has 0 saturated heterocycles. The monoisotopic (exact) mass is 201 g/mol. The molecule has 1 aromatic heterocycles. The Balaban J connectivity index is 2.30. The normalized spacial score (nSPS) is 13.2. The number of aromatic nitrogens is 3. The fraction of sp³-hybridized carbons (Fsp3) is 0.750. The number of hydrogen-bond donors (Lipinski definition) is 1. The molecule has 0 saturated carbocycles. The van der Waals surface area contributed by atoms with Gasteiger partial charge in [-0.25, -0.2) is 4.98 Å². The third-order valence-corrected chi connectivity index (χ3v) is 3.07. The van der Waals surface area contributed by atoms with Crippen molar-refractivity contribution in [3.05, 3.63) is 12.2 Å². The Morgan fingerprint density at radius 2 is 2.46 bits per heavy atom. The van der Waals surface area contributed by atoms with Crippen LogP contribution >= 0.6 is 11.8 Å². The number of thioether (sulfide) groups is 1. The molecule has 4 nitrogen and oxygen atoms in total. The SMILES string of the molecule is CC(CCO)SCc1ncnn1C. The van der Waals surface area contributed by atoms with E-state index in [1.54, 1.807) is 22.8 Å². The average Bonchev–Trinajstić information content (AvgIpc) is 2.48. The molecule has 5 heteroatoms. The minimum absolute atomic E-state index is 0.257. The number of aliphatic hydroxyl groups is 1. The van der Waals surface area contributed by atoms with E-state index in [9.17, 15) is 0 Å². The molecule has 74 valence electrons. The maximum absolute atomic E-state index is 8.70. The van der Waals surface area contributed by atoms with E-state index < -0.39 is 0 Å². The zero-order chi connectivity index (χ0) is 9.68. The van der Waals surface area contributed by atoms with Crippen LogP contribution in [0.5, 0.6) is 0 Å². The van der Waals surface area contributed by atoms with E-state index in [0.717, 1.165) is 18.0 Å². The van der Waals surface area contributed by atoms with Gasteiger partial charge < -0.3 is 5.11 Å². The van der Waals surface area contributed by atoms with Gasteiger partial charge in [0.1, 0.15) is 12.2 Å². The molecule has 0 aromatic carbocycles. The third-order valence-electron chi connectivity index (χ3n) is 1.84. The highest BCUT2D eigenvalue weighted by atomic mass is 32.2. The molecule has 0 aliphatic carbocycles. The molecule has 0 radical (unpaired) electrons. The maximum atomic E-state index is 8.70. The highest BCUT2D eigenvalue weighted by molar-refractivity contribution is 7.99. The summed E-state index contributed by atoms with van der Waals surface area (Å²) in [6.07, 6.45) is 2.40. The van der Waals surface area contributed by atoms with Crippen molar-refractivity contribution in [1.29, 1.82) is 0 Å². The lowest BCUT2D eigenvalue weighted by atomic mass is 10.3. The quantitative estimate of drug-likeness (QED) is 0.766. The van der Waals surface area contributed by atoms with Gasteiger partial charge in [0.2, 0.25) is 0 Å². The standard InChI is InChI=1S/C8H15N3OS/c1-7(3-4-12)13-5-8-9-6-10-11(8)2/h6-7,12H,3-5H2,1-2H3. The number of aryl methyl sites for hydroxylation is 1. The van der Waals surface area contributed by atoms with Crippen LogP contribution in [0.25, 0.3) is 0 Å². The molecule has 1 atom stereocenters. The van der Waals surface area contributed by atoms with E-state index in [4.69, 9.17) is 5.11 Å². The lowest BCUT2D eigenvalue weighted by Crippen LogP contribution is -2.03. The minimum Gasteiger partial charge on any atom is -0.396 e. The van der Waals surface area contributed by atoms with Gasteiger partial charge in [0.05, 0.1) is 5.75 Å². The fourth-order valence-corrected chi connectivity index (χ4v) is 1.90. The topological polar surface area (TPSA) is 50.9 Å². The van der Waals surface area contributed by atoms with Gasteiger partial charge in [-0.15, -0.1) is 0 Å². The summed E-state index contributed by atoms with van der Waals surface area (Å²) in [5.41, 5.74) is 0. The van der Waals surface area contributed by atoms with Gasteiger partial charge in [-0.05, 0) is 6.42 Å². The Hall–Kier alpha value is -0.550. The Kier molecular flexibility index (Phi) is 4.24. The minimum atomic E-state index is 0.257. The first-order valence-corrected chi connectivity index (χ1v) is 5.34. The Bertz CT molecular complexity index is 251. The fourth-order valence-electron chi connectivity index (χ4n) is 0.933. The highest BCUT2D eigenvalue weighted by Crippen LogP contribution is 2.17. The van der Waals surface area contributed by atoms with Gasteiger partial charge in [-0.1, -0.05) is 6.92 Å². The van der Waals surface area contributed by atoms with Gasteiger partial charge in [0.15, 0.2) is 0 Å². The van der Waals surface area contributed by atoms with Crippen LogP contribution in [0.15, 0.2) is 6.33 Å². The van der Waals surface area contributed by atoms with Crippen LogP contribution in [0.4, 0.5) is 0 Å². The zero-order valence-electron chi connectivity index (χ0n) is 7.97. The number of nitrogens with zero attached hydrogens (tertiary/aromatic N) is 3. The molecule has 0 fully saturated rings. The van der Waals surface area contributed by atoms with Crippen LogP contribution in [-0.2, 0) is 12.8 Å². The van der Waals surface area contributed by atoms with E-state index in [1.165, 1.54) is 0 Å². The van der Waals surface area contributed by atoms with E-state index in [2.05, 4.69) is 17.0 Å². The van der Waals surface area contributed by atoms with Gasteiger partial charge in [-0.3, -0.25) is 4.68 Å². The van der Waals surface area contributed by atoms with Crippen LogP contribution in [0.1, 0.15) is 19.2 Å². The first kappa shape index (κ1) is 10.5. The van der Waals surface area contributed by atoms with Crippen molar-refractivity contribution in [2.75, 3.05) is 6.61 Å². The second-order valence-electron chi connectivity index (χ2n) is 2.93. The second-order valence-corrected chi connectivity index (χ2v) is 4.36. The lowest BCUT2D eigenvalue weighted by Gasteiger charge is -2.07. The average molecular weight is 201 g/mol. The van der Waals surface area contributed by atoms with Crippen LogP contribution < -0.4 is 0 Å². The van der Waals surface area contributed by atoms with Crippen LogP contribution in [0.2, 0.25) is 0 Å². The summed E-state index contributed by atoms with van der Waals surface area (Å²) in [7, 11) is 1.89. The molecular formula is C8H15N3OS. The lowest BCUT2D eigenvalue weighted by molar-refractivity contribution is 0.289. The Morgan fingerprint density at radius 3 is 3.00 bits per heavy atom. The van der Waals surface area contributed by atoms with Crippen molar-refractivity contribution in [3.8, 4) is 0 Å². The highest BCUT2D eigenvalue weighted by Gasteiger charge is 2.05. The van der Waals surface area contributed by atoms with Crippen molar-refractivity contribution in [3.63, 3.8) is 0 Å². The Labute approximate surface area is 82.4 Å². The molecular weight excluding hydrogens is 186 g/mol. The van der Waals surface area contributed by atoms with E-state index in [-0.39, 0.29) is 6.61 Å². The summed E-state index contributed by atoms with van der Waals surface area (Å²) in [6, 6.07) is 0.